The van der Waals surface area contributed by atoms with E-state index < -0.39 is 44.4 Å². The van der Waals surface area contributed by atoms with Gasteiger partial charge in [0, 0.05) is 0 Å². The number of phosphoric acid groups is 1. The van der Waals surface area contributed by atoms with Crippen molar-refractivity contribution in [2.75, 3.05) is 0 Å². The summed E-state index contributed by atoms with van der Waals surface area (Å²) >= 11 is 0. The van der Waals surface area contributed by atoms with Crippen LogP contribution in [0.5, 0.6) is 17.2 Å². The highest BCUT2D eigenvalue weighted by Gasteiger charge is 2.36. The molecule has 0 aromatic heterocycles. The molecule has 59 heavy (non-hydrogen) atoms. The van der Waals surface area contributed by atoms with Gasteiger partial charge in [-0.3, -0.25) is 0 Å². The topological polar surface area (TPSA) is 166 Å². The molecule has 0 radical (unpaired) electrons. The molecule has 0 bridgehead atoms. The standard InChI is InChI=1S/C48H75O10P/c1-34(49)13-7-19-40-25-28-46(43(31-40)22-10-16-37(4)52)56-59(55,57-47-29-26-41(20-8-14-35(2)50)32-44(47)23-11-17-38(5)53)58-48-30-27-42(21-9-15-36(3)51)33-45(48)24-12-18-39(6)54/h25-39,49-54H,7-24H2,1-6H3. The lowest BCUT2D eigenvalue weighted by Gasteiger charge is -2.24. The quantitative estimate of drug-likeness (QED) is 0.0356. The van der Waals surface area contributed by atoms with Gasteiger partial charge in [0.1, 0.15) is 17.2 Å². The minimum absolute atomic E-state index is 0.356. The van der Waals surface area contributed by atoms with Crippen LogP contribution >= 0.6 is 7.82 Å². The zero-order valence-electron chi connectivity index (χ0n) is 36.7. The van der Waals surface area contributed by atoms with E-state index in [4.69, 9.17) is 13.6 Å². The lowest BCUT2D eigenvalue weighted by Crippen LogP contribution is -2.12. The van der Waals surface area contributed by atoms with Gasteiger partial charge in [-0.25, -0.2) is 0 Å². The van der Waals surface area contributed by atoms with Crippen molar-refractivity contribution in [2.24, 2.45) is 0 Å². The van der Waals surface area contributed by atoms with Crippen LogP contribution in [0.2, 0.25) is 0 Å². The van der Waals surface area contributed by atoms with Crippen molar-refractivity contribution in [3.05, 3.63) is 88.0 Å². The van der Waals surface area contributed by atoms with Gasteiger partial charge in [-0.2, -0.15) is 4.57 Å². The van der Waals surface area contributed by atoms with Crippen molar-refractivity contribution < 1.29 is 48.8 Å². The highest BCUT2D eigenvalue weighted by molar-refractivity contribution is 7.49. The van der Waals surface area contributed by atoms with Gasteiger partial charge in [-0.15, -0.1) is 0 Å². The Morgan fingerprint density at radius 1 is 0.390 bits per heavy atom. The number of aliphatic hydroxyl groups is 6. The Hall–Kier alpha value is -2.95. The lowest BCUT2D eigenvalue weighted by atomic mass is 10.00. The van der Waals surface area contributed by atoms with Crippen LogP contribution in [0.25, 0.3) is 0 Å². The first-order valence-corrected chi connectivity index (χ1v) is 23.6. The van der Waals surface area contributed by atoms with E-state index in [9.17, 15) is 30.6 Å². The van der Waals surface area contributed by atoms with Crippen LogP contribution in [0.15, 0.2) is 54.6 Å². The number of rotatable bonds is 30. The number of benzene rings is 3. The molecule has 0 aliphatic heterocycles. The molecule has 0 amide bonds. The molecule has 3 aromatic rings. The van der Waals surface area contributed by atoms with E-state index in [0.29, 0.717) is 94.3 Å². The molecular formula is C48H75O10P. The summed E-state index contributed by atoms with van der Waals surface area (Å²) in [5, 5.41) is 59.8. The van der Waals surface area contributed by atoms with Gasteiger partial charge in [0.2, 0.25) is 0 Å². The molecule has 11 heteroatoms. The highest BCUT2D eigenvalue weighted by Crippen LogP contribution is 2.52. The van der Waals surface area contributed by atoms with Crippen molar-refractivity contribution in [1.29, 1.82) is 0 Å². The third-order valence-electron chi connectivity index (χ3n) is 10.5. The highest BCUT2D eigenvalue weighted by atomic mass is 31.2. The summed E-state index contributed by atoms with van der Waals surface area (Å²) in [6.45, 7) is 10.6. The van der Waals surface area contributed by atoms with E-state index in [1.54, 1.807) is 59.7 Å². The fourth-order valence-electron chi connectivity index (χ4n) is 7.20. The average Bonchev–Trinajstić information content (AvgIpc) is 3.13. The fourth-order valence-corrected chi connectivity index (χ4v) is 8.57. The average molecular weight is 843 g/mol. The Morgan fingerprint density at radius 3 is 0.831 bits per heavy atom. The maximum absolute atomic E-state index is 15.4. The first kappa shape index (κ1) is 50.4. The molecule has 0 fully saturated rings. The molecule has 332 valence electrons. The molecule has 0 saturated heterocycles. The Morgan fingerprint density at radius 2 is 0.610 bits per heavy atom. The zero-order valence-corrected chi connectivity index (χ0v) is 37.5. The first-order chi connectivity index (χ1) is 28.0. The smallest absolute Gasteiger partial charge is 0.393 e. The van der Waals surface area contributed by atoms with E-state index in [1.165, 1.54) is 0 Å². The van der Waals surface area contributed by atoms with E-state index in [0.717, 1.165) is 71.9 Å². The van der Waals surface area contributed by atoms with Gasteiger partial charge in [0.15, 0.2) is 0 Å². The number of hydrogen-bond acceptors (Lipinski definition) is 10. The maximum atomic E-state index is 15.4. The Kier molecular flexibility index (Phi) is 22.6. The second-order valence-electron chi connectivity index (χ2n) is 17.0. The number of phosphoric ester groups is 1. The van der Waals surface area contributed by atoms with Gasteiger partial charge in [-0.05, 0) is 209 Å². The molecule has 0 aliphatic rings. The Bertz CT molecular complexity index is 1490. The molecule has 3 aromatic carbocycles. The van der Waals surface area contributed by atoms with Crippen molar-refractivity contribution in [3.8, 4) is 17.2 Å². The van der Waals surface area contributed by atoms with Gasteiger partial charge in [0.05, 0.1) is 36.6 Å². The lowest BCUT2D eigenvalue weighted by molar-refractivity contribution is 0.181. The molecule has 0 spiro atoms. The molecule has 6 atom stereocenters. The molecule has 0 heterocycles. The minimum Gasteiger partial charge on any atom is -0.393 e. The first-order valence-electron chi connectivity index (χ1n) is 22.1. The summed E-state index contributed by atoms with van der Waals surface area (Å²) in [4.78, 5) is 0. The van der Waals surface area contributed by atoms with Crippen LogP contribution in [0.4, 0.5) is 0 Å². The fraction of sp³-hybridized carbons (Fsp3) is 0.625. The second-order valence-corrected chi connectivity index (χ2v) is 18.4. The molecule has 0 saturated carbocycles. The summed E-state index contributed by atoms with van der Waals surface area (Å²) in [6.07, 6.45) is 9.47. The Labute approximate surface area is 354 Å². The van der Waals surface area contributed by atoms with Crippen LogP contribution in [-0.2, 0) is 43.1 Å². The summed E-state index contributed by atoms with van der Waals surface area (Å²) in [6, 6.07) is 17.3. The molecule has 3 rings (SSSR count). The van der Waals surface area contributed by atoms with Crippen molar-refractivity contribution in [1.82, 2.24) is 0 Å². The molecular weight excluding hydrogens is 767 g/mol. The molecule has 6 unspecified atom stereocenters. The van der Waals surface area contributed by atoms with E-state index in [1.807, 2.05) is 36.4 Å². The van der Waals surface area contributed by atoms with Crippen molar-refractivity contribution in [3.63, 3.8) is 0 Å². The van der Waals surface area contributed by atoms with Crippen LogP contribution in [-0.4, -0.2) is 67.3 Å². The van der Waals surface area contributed by atoms with Crippen LogP contribution in [0.3, 0.4) is 0 Å². The zero-order chi connectivity index (χ0) is 43.4. The van der Waals surface area contributed by atoms with E-state index in [2.05, 4.69) is 0 Å². The number of hydrogen-bond donors (Lipinski definition) is 6. The van der Waals surface area contributed by atoms with E-state index in [-0.39, 0.29) is 0 Å². The van der Waals surface area contributed by atoms with E-state index >= 15 is 4.57 Å². The summed E-state index contributed by atoms with van der Waals surface area (Å²) < 4.78 is 35.0. The molecule has 10 nitrogen and oxygen atoms in total. The van der Waals surface area contributed by atoms with Crippen LogP contribution in [0, 0.1) is 0 Å². The predicted octanol–water partition coefficient (Wildman–Crippen LogP) is 9.55. The normalized spacial score (nSPS) is 15.8. The maximum Gasteiger partial charge on any atom is 0.647 e. The second kappa shape index (κ2) is 26.4. The van der Waals surface area contributed by atoms with Gasteiger partial charge < -0.3 is 44.2 Å². The molecule has 0 aliphatic carbocycles. The monoisotopic (exact) mass is 843 g/mol. The van der Waals surface area contributed by atoms with Crippen molar-refractivity contribution >= 4 is 7.82 Å². The van der Waals surface area contributed by atoms with Crippen LogP contribution in [0.1, 0.15) is 152 Å². The number of aliphatic hydroxyl groups excluding tert-OH is 6. The van der Waals surface area contributed by atoms with Gasteiger partial charge in [-0.1, -0.05) is 36.4 Å². The van der Waals surface area contributed by atoms with Crippen LogP contribution < -0.4 is 13.6 Å². The number of aryl methyl sites for hydroxylation is 6. The summed E-state index contributed by atoms with van der Waals surface area (Å²) in [5.74, 6) is 1.07. The third kappa shape index (κ3) is 20.4. The largest absolute Gasteiger partial charge is 0.647 e. The summed E-state index contributed by atoms with van der Waals surface area (Å²) in [7, 11) is -4.51. The predicted molar refractivity (Wildman–Crippen MR) is 237 cm³/mol. The van der Waals surface area contributed by atoms with Gasteiger partial charge in [0.25, 0.3) is 0 Å². The minimum atomic E-state index is -4.51. The summed E-state index contributed by atoms with van der Waals surface area (Å²) in [5.41, 5.74) is 5.59. The van der Waals surface area contributed by atoms with Gasteiger partial charge >= 0.3 is 7.82 Å². The third-order valence-corrected chi connectivity index (χ3v) is 11.7. The molecule has 6 N–H and O–H groups in total. The van der Waals surface area contributed by atoms with Crippen molar-refractivity contribution in [2.45, 2.75) is 194 Å². The SMILES string of the molecule is CC(O)CCCc1ccc(OP(=O)(Oc2ccc(CCCC(C)O)cc2CCCC(C)O)Oc2ccc(CCCC(C)O)cc2CCCC(C)O)c(CCCC(C)O)c1. The Balaban J connectivity index is 2.13.